The standard InChI is InChI=1S/C14H16N2O5S/c1-7-11(12(15-3)22-16-7)14(18)20-6-9-5-10(8(2)21-9)13(17)19-4/h5,15H,6H2,1-4H3. The van der Waals surface area contributed by atoms with Crippen molar-refractivity contribution in [2.45, 2.75) is 20.5 Å². The summed E-state index contributed by atoms with van der Waals surface area (Å²) in [5, 5.41) is 3.55. The monoisotopic (exact) mass is 324 g/mol. The molecule has 8 heteroatoms. The number of aryl methyl sites for hydroxylation is 2. The lowest BCUT2D eigenvalue weighted by Gasteiger charge is -2.04. The summed E-state index contributed by atoms with van der Waals surface area (Å²) in [5.41, 5.74) is 1.33. The Kier molecular flexibility index (Phi) is 4.81. The molecule has 0 radical (unpaired) electrons. The van der Waals surface area contributed by atoms with E-state index in [4.69, 9.17) is 9.15 Å². The molecule has 0 fully saturated rings. The fourth-order valence-electron chi connectivity index (χ4n) is 1.92. The van der Waals surface area contributed by atoms with Gasteiger partial charge in [0.2, 0.25) is 0 Å². The largest absolute Gasteiger partial charge is 0.465 e. The van der Waals surface area contributed by atoms with E-state index in [0.29, 0.717) is 33.3 Å². The van der Waals surface area contributed by atoms with Gasteiger partial charge in [0.1, 0.15) is 34.3 Å². The zero-order valence-corrected chi connectivity index (χ0v) is 13.5. The van der Waals surface area contributed by atoms with Crippen LogP contribution in [0.1, 0.15) is 37.9 Å². The van der Waals surface area contributed by atoms with Gasteiger partial charge in [-0.3, -0.25) is 0 Å². The Balaban J connectivity index is 2.08. The van der Waals surface area contributed by atoms with Crippen LogP contribution in [-0.4, -0.2) is 30.5 Å². The Morgan fingerprint density at radius 3 is 2.73 bits per heavy atom. The van der Waals surface area contributed by atoms with Crippen LogP contribution < -0.4 is 5.32 Å². The van der Waals surface area contributed by atoms with Crippen LogP contribution in [0.25, 0.3) is 0 Å². The number of carbonyl (C=O) groups is 2. The highest BCUT2D eigenvalue weighted by Crippen LogP contribution is 2.25. The maximum Gasteiger partial charge on any atom is 0.343 e. The maximum absolute atomic E-state index is 12.1. The number of ether oxygens (including phenoxy) is 2. The minimum Gasteiger partial charge on any atom is -0.465 e. The highest BCUT2D eigenvalue weighted by Gasteiger charge is 2.21. The number of aromatic nitrogens is 1. The van der Waals surface area contributed by atoms with Crippen LogP contribution in [0.3, 0.4) is 0 Å². The molecule has 2 heterocycles. The van der Waals surface area contributed by atoms with Crippen LogP contribution in [0.2, 0.25) is 0 Å². The number of anilines is 1. The van der Waals surface area contributed by atoms with Gasteiger partial charge in [-0.05, 0) is 31.4 Å². The van der Waals surface area contributed by atoms with Crippen molar-refractivity contribution in [3.63, 3.8) is 0 Å². The van der Waals surface area contributed by atoms with Gasteiger partial charge in [0.15, 0.2) is 0 Å². The zero-order valence-electron chi connectivity index (χ0n) is 12.7. The second kappa shape index (κ2) is 6.61. The number of hydrogen-bond acceptors (Lipinski definition) is 8. The summed E-state index contributed by atoms with van der Waals surface area (Å²) in [6.07, 6.45) is 0. The Morgan fingerprint density at radius 1 is 1.36 bits per heavy atom. The first-order chi connectivity index (χ1) is 10.5. The Bertz CT molecular complexity index is 704. The summed E-state index contributed by atoms with van der Waals surface area (Å²) in [5.74, 6) is -0.196. The van der Waals surface area contributed by atoms with Gasteiger partial charge in [-0.1, -0.05) is 0 Å². The normalized spacial score (nSPS) is 10.4. The molecule has 0 aliphatic rings. The predicted octanol–water partition coefficient (Wildman–Crippen LogP) is 2.54. The van der Waals surface area contributed by atoms with Crippen molar-refractivity contribution < 1.29 is 23.5 Å². The highest BCUT2D eigenvalue weighted by molar-refractivity contribution is 7.10. The molecule has 0 unspecified atom stereocenters. The minimum atomic E-state index is -0.496. The number of nitrogens with one attached hydrogen (secondary N) is 1. The molecule has 0 aliphatic heterocycles. The van der Waals surface area contributed by atoms with E-state index in [2.05, 4.69) is 14.4 Å². The number of furan rings is 1. The molecule has 0 aromatic carbocycles. The first kappa shape index (κ1) is 16.0. The third kappa shape index (κ3) is 3.11. The average Bonchev–Trinajstić information content (AvgIpc) is 3.06. The van der Waals surface area contributed by atoms with E-state index in [-0.39, 0.29) is 6.61 Å². The third-order valence-corrected chi connectivity index (χ3v) is 3.97. The van der Waals surface area contributed by atoms with E-state index in [9.17, 15) is 9.59 Å². The molecule has 0 saturated carbocycles. The summed E-state index contributed by atoms with van der Waals surface area (Å²) in [6, 6.07) is 1.51. The first-order valence-electron chi connectivity index (χ1n) is 6.46. The van der Waals surface area contributed by atoms with Gasteiger partial charge in [-0.15, -0.1) is 0 Å². The highest BCUT2D eigenvalue weighted by atomic mass is 32.1. The van der Waals surface area contributed by atoms with Crippen molar-refractivity contribution >= 4 is 28.5 Å². The Labute approximate surface area is 131 Å². The molecule has 0 saturated heterocycles. The van der Waals surface area contributed by atoms with E-state index in [1.165, 1.54) is 24.7 Å². The first-order valence-corrected chi connectivity index (χ1v) is 7.24. The second-order valence-corrected chi connectivity index (χ2v) is 5.25. The molecule has 0 aliphatic carbocycles. The number of nitrogens with zero attached hydrogens (tertiary/aromatic N) is 1. The number of rotatable bonds is 5. The fourth-order valence-corrected chi connectivity index (χ4v) is 2.65. The molecule has 1 N–H and O–H groups in total. The average molecular weight is 324 g/mol. The molecular formula is C14H16N2O5S. The lowest BCUT2D eigenvalue weighted by Crippen LogP contribution is -2.08. The minimum absolute atomic E-state index is 0.0743. The molecular weight excluding hydrogens is 308 g/mol. The van der Waals surface area contributed by atoms with E-state index in [1.807, 2.05) is 0 Å². The summed E-state index contributed by atoms with van der Waals surface area (Å²) in [6.45, 7) is 3.30. The van der Waals surface area contributed by atoms with Gasteiger partial charge in [-0.25, -0.2) is 9.59 Å². The van der Waals surface area contributed by atoms with Crippen molar-refractivity contribution in [3.8, 4) is 0 Å². The van der Waals surface area contributed by atoms with E-state index in [0.717, 1.165) is 0 Å². The van der Waals surface area contributed by atoms with Gasteiger partial charge in [0.05, 0.1) is 12.8 Å². The maximum atomic E-state index is 12.1. The van der Waals surface area contributed by atoms with Crippen LogP contribution in [0.15, 0.2) is 10.5 Å². The van der Waals surface area contributed by atoms with Gasteiger partial charge >= 0.3 is 11.9 Å². The molecule has 0 spiro atoms. The zero-order chi connectivity index (χ0) is 16.3. The van der Waals surface area contributed by atoms with Gasteiger partial charge < -0.3 is 19.2 Å². The number of methoxy groups -OCH3 is 1. The van der Waals surface area contributed by atoms with Crippen molar-refractivity contribution in [2.24, 2.45) is 0 Å². The van der Waals surface area contributed by atoms with Crippen LogP contribution in [0.5, 0.6) is 0 Å². The summed E-state index contributed by atoms with van der Waals surface area (Å²) < 4.78 is 19.4. The topological polar surface area (TPSA) is 90.7 Å². The van der Waals surface area contributed by atoms with E-state index < -0.39 is 11.9 Å². The van der Waals surface area contributed by atoms with E-state index in [1.54, 1.807) is 20.9 Å². The molecule has 2 aromatic rings. The quantitative estimate of drug-likeness (QED) is 0.845. The van der Waals surface area contributed by atoms with Crippen LogP contribution in [0.4, 0.5) is 5.00 Å². The number of carbonyl (C=O) groups excluding carboxylic acids is 2. The molecule has 2 rings (SSSR count). The number of esters is 2. The van der Waals surface area contributed by atoms with Crippen molar-refractivity contribution in [1.29, 1.82) is 0 Å². The smallest absolute Gasteiger partial charge is 0.343 e. The lowest BCUT2D eigenvalue weighted by atomic mass is 10.2. The predicted molar refractivity (Wildman–Crippen MR) is 80.3 cm³/mol. The molecule has 0 atom stereocenters. The Morgan fingerprint density at radius 2 is 2.09 bits per heavy atom. The fraction of sp³-hybridized carbons (Fsp3) is 0.357. The molecule has 7 nitrogen and oxygen atoms in total. The molecule has 22 heavy (non-hydrogen) atoms. The van der Waals surface area contributed by atoms with Crippen LogP contribution >= 0.6 is 11.5 Å². The SMILES string of the molecule is CNc1snc(C)c1C(=O)OCc1cc(C(=O)OC)c(C)o1. The summed E-state index contributed by atoms with van der Waals surface area (Å²) in [7, 11) is 3.00. The molecule has 0 bridgehead atoms. The third-order valence-electron chi connectivity index (χ3n) is 3.01. The van der Waals surface area contributed by atoms with Crippen LogP contribution in [-0.2, 0) is 16.1 Å². The van der Waals surface area contributed by atoms with Crippen molar-refractivity contribution in [1.82, 2.24) is 4.37 Å². The number of hydrogen-bond donors (Lipinski definition) is 1. The lowest BCUT2D eigenvalue weighted by molar-refractivity contribution is 0.0444. The van der Waals surface area contributed by atoms with Crippen LogP contribution in [0, 0.1) is 13.8 Å². The van der Waals surface area contributed by atoms with Crippen molar-refractivity contribution in [3.05, 3.63) is 34.4 Å². The van der Waals surface area contributed by atoms with Crippen molar-refractivity contribution in [2.75, 3.05) is 19.5 Å². The molecule has 2 aromatic heterocycles. The summed E-state index contributed by atoms with van der Waals surface area (Å²) >= 11 is 1.19. The van der Waals surface area contributed by atoms with Gasteiger partial charge in [-0.2, -0.15) is 4.37 Å². The molecule has 0 amide bonds. The summed E-state index contributed by atoms with van der Waals surface area (Å²) in [4.78, 5) is 23.6. The Hall–Kier alpha value is -2.35. The van der Waals surface area contributed by atoms with E-state index >= 15 is 0 Å². The van der Waals surface area contributed by atoms with Gasteiger partial charge in [0, 0.05) is 7.05 Å². The molecule has 118 valence electrons. The second-order valence-electron chi connectivity index (χ2n) is 4.47. The van der Waals surface area contributed by atoms with Gasteiger partial charge in [0.25, 0.3) is 0 Å².